The van der Waals surface area contributed by atoms with Crippen LogP contribution in [-0.4, -0.2) is 22.6 Å². The Hall–Kier alpha value is -2.18. The first kappa shape index (κ1) is 10.9. The number of carboxylic acid groups (broad SMARTS) is 1. The Kier molecular flexibility index (Phi) is 3.17. The molecule has 0 fully saturated rings. The molecule has 1 aromatic rings. The number of hydrogen-bond acceptors (Lipinski definition) is 4. The number of nitro groups is 1. The molecule has 0 amide bonds. The molecule has 0 atom stereocenters. The molecular weight excluding hydrogens is 209 g/mol. The molecule has 0 aromatic heterocycles. The number of hydrogen-bond donors (Lipinski definition) is 1. The summed E-state index contributed by atoms with van der Waals surface area (Å²) in [5.41, 5.74) is -0.421. The summed E-state index contributed by atoms with van der Waals surface area (Å²) >= 11 is 0. The second kappa shape index (κ2) is 4.36. The first-order valence-electron chi connectivity index (χ1n) is 3.79. The predicted octanol–water partition coefficient (Wildman–Crippen LogP) is 1.20. The molecule has 0 bridgehead atoms. The summed E-state index contributed by atoms with van der Waals surface area (Å²) in [6, 6.07) is 2.70. The zero-order valence-corrected chi connectivity index (χ0v) is 7.34. The molecule has 6 nitrogen and oxygen atoms in total. The highest BCUT2D eigenvalue weighted by molar-refractivity contribution is 5.68. The van der Waals surface area contributed by atoms with Crippen molar-refractivity contribution in [3.05, 3.63) is 34.1 Å². The van der Waals surface area contributed by atoms with E-state index in [-0.39, 0.29) is 5.75 Å². The van der Waals surface area contributed by atoms with Gasteiger partial charge in [0.25, 0.3) is 5.69 Å². The average molecular weight is 215 g/mol. The number of halogens is 1. The number of carbonyl (C=O) groups is 1. The fraction of sp³-hybridized carbons (Fsp3) is 0.125. The van der Waals surface area contributed by atoms with Crippen LogP contribution >= 0.6 is 0 Å². The Morgan fingerprint density at radius 3 is 2.73 bits per heavy atom. The average Bonchev–Trinajstić information content (AvgIpc) is 2.15. The maximum atomic E-state index is 13.0. The van der Waals surface area contributed by atoms with Gasteiger partial charge in [-0.2, -0.15) is 0 Å². The SMILES string of the molecule is O=C(O)COc1ccc([N+](=O)[O-])cc1F. The molecule has 1 rings (SSSR count). The van der Waals surface area contributed by atoms with Gasteiger partial charge in [-0.05, 0) is 6.07 Å². The van der Waals surface area contributed by atoms with Crippen molar-refractivity contribution in [3.63, 3.8) is 0 Å². The Bertz CT molecular complexity index is 406. The smallest absolute Gasteiger partial charge is 0.341 e. The molecule has 0 heterocycles. The minimum atomic E-state index is -1.26. The minimum Gasteiger partial charge on any atom is -0.479 e. The van der Waals surface area contributed by atoms with Crippen LogP contribution in [0.25, 0.3) is 0 Å². The molecule has 0 saturated heterocycles. The number of nitrogens with zero attached hydrogens (tertiary/aromatic N) is 1. The maximum Gasteiger partial charge on any atom is 0.341 e. The van der Waals surface area contributed by atoms with Gasteiger partial charge in [0.1, 0.15) is 0 Å². The van der Waals surface area contributed by atoms with Crippen LogP contribution in [0.3, 0.4) is 0 Å². The van der Waals surface area contributed by atoms with Gasteiger partial charge in [0.2, 0.25) is 0 Å². The molecule has 0 saturated carbocycles. The van der Waals surface area contributed by atoms with E-state index >= 15 is 0 Å². The molecule has 0 unspecified atom stereocenters. The van der Waals surface area contributed by atoms with Crippen LogP contribution in [0.1, 0.15) is 0 Å². The van der Waals surface area contributed by atoms with Crippen molar-refractivity contribution < 1.29 is 24.0 Å². The summed E-state index contributed by atoms with van der Waals surface area (Å²) < 4.78 is 17.6. The van der Waals surface area contributed by atoms with Crippen LogP contribution in [0.15, 0.2) is 18.2 Å². The largest absolute Gasteiger partial charge is 0.479 e. The molecule has 1 aromatic carbocycles. The van der Waals surface area contributed by atoms with Gasteiger partial charge < -0.3 is 9.84 Å². The monoisotopic (exact) mass is 215 g/mol. The standard InChI is InChI=1S/C8H6FNO5/c9-6-3-5(10(13)14)1-2-7(6)15-4-8(11)12/h1-3H,4H2,(H,11,12). The number of aliphatic carboxylic acids is 1. The Morgan fingerprint density at radius 2 is 2.27 bits per heavy atom. The van der Waals surface area contributed by atoms with Crippen molar-refractivity contribution in [2.45, 2.75) is 0 Å². The summed E-state index contributed by atoms with van der Waals surface area (Å²) in [4.78, 5) is 19.6. The van der Waals surface area contributed by atoms with Crippen molar-refractivity contribution in [2.75, 3.05) is 6.61 Å². The summed E-state index contributed by atoms with van der Waals surface area (Å²) in [5.74, 6) is -2.55. The molecule has 0 spiro atoms. The van der Waals surface area contributed by atoms with E-state index in [0.717, 1.165) is 12.1 Å². The van der Waals surface area contributed by atoms with Crippen molar-refractivity contribution >= 4 is 11.7 Å². The van der Waals surface area contributed by atoms with Crippen LogP contribution in [0.4, 0.5) is 10.1 Å². The van der Waals surface area contributed by atoms with Gasteiger partial charge in [-0.25, -0.2) is 9.18 Å². The van der Waals surface area contributed by atoms with Crippen LogP contribution in [0, 0.1) is 15.9 Å². The van der Waals surface area contributed by atoms with E-state index in [4.69, 9.17) is 5.11 Å². The normalized spacial score (nSPS) is 9.67. The molecule has 80 valence electrons. The van der Waals surface area contributed by atoms with Gasteiger partial charge in [-0.1, -0.05) is 0 Å². The third kappa shape index (κ3) is 2.90. The summed E-state index contributed by atoms with van der Waals surface area (Å²) in [6.45, 7) is -0.700. The first-order chi connectivity index (χ1) is 7.00. The lowest BCUT2D eigenvalue weighted by molar-refractivity contribution is -0.385. The molecule has 7 heteroatoms. The highest BCUT2D eigenvalue weighted by Crippen LogP contribution is 2.22. The van der Waals surface area contributed by atoms with Gasteiger partial charge in [-0.15, -0.1) is 0 Å². The molecule has 0 aliphatic carbocycles. The van der Waals surface area contributed by atoms with E-state index in [1.165, 1.54) is 0 Å². The third-order valence-electron chi connectivity index (χ3n) is 1.48. The highest BCUT2D eigenvalue weighted by atomic mass is 19.1. The summed E-state index contributed by atoms with van der Waals surface area (Å²) in [7, 11) is 0. The second-order valence-electron chi connectivity index (χ2n) is 2.55. The van der Waals surface area contributed by atoms with E-state index < -0.39 is 29.0 Å². The Morgan fingerprint density at radius 1 is 1.60 bits per heavy atom. The van der Waals surface area contributed by atoms with E-state index in [9.17, 15) is 19.3 Å². The van der Waals surface area contributed by atoms with Crippen molar-refractivity contribution in [3.8, 4) is 5.75 Å². The topological polar surface area (TPSA) is 89.7 Å². The minimum absolute atomic E-state index is 0.331. The lowest BCUT2D eigenvalue weighted by Crippen LogP contribution is -2.10. The van der Waals surface area contributed by atoms with E-state index in [2.05, 4.69) is 4.74 Å². The van der Waals surface area contributed by atoms with Crippen LogP contribution < -0.4 is 4.74 Å². The lowest BCUT2D eigenvalue weighted by atomic mass is 10.3. The molecule has 0 aliphatic rings. The van der Waals surface area contributed by atoms with E-state index in [1.807, 2.05) is 0 Å². The summed E-state index contributed by atoms with van der Waals surface area (Å²) in [5, 5.41) is 18.5. The lowest BCUT2D eigenvalue weighted by Gasteiger charge is -2.03. The zero-order valence-electron chi connectivity index (χ0n) is 7.34. The molecule has 15 heavy (non-hydrogen) atoms. The highest BCUT2D eigenvalue weighted by Gasteiger charge is 2.12. The van der Waals surface area contributed by atoms with Crippen molar-refractivity contribution in [1.29, 1.82) is 0 Å². The second-order valence-corrected chi connectivity index (χ2v) is 2.55. The number of benzene rings is 1. The van der Waals surface area contributed by atoms with Gasteiger partial charge >= 0.3 is 5.97 Å². The Balaban J connectivity index is 2.83. The maximum absolute atomic E-state index is 13.0. The van der Waals surface area contributed by atoms with E-state index in [0.29, 0.717) is 6.07 Å². The van der Waals surface area contributed by atoms with Crippen molar-refractivity contribution in [2.24, 2.45) is 0 Å². The number of rotatable bonds is 4. The molecular formula is C8H6FNO5. The quantitative estimate of drug-likeness (QED) is 0.601. The number of non-ortho nitro benzene ring substituents is 1. The molecule has 1 N–H and O–H groups in total. The predicted molar refractivity (Wildman–Crippen MR) is 46.2 cm³/mol. The zero-order chi connectivity index (χ0) is 11.4. The van der Waals surface area contributed by atoms with Crippen LogP contribution in [0.5, 0.6) is 5.75 Å². The van der Waals surface area contributed by atoms with E-state index in [1.54, 1.807) is 0 Å². The van der Waals surface area contributed by atoms with Gasteiger partial charge in [0.05, 0.1) is 11.0 Å². The molecule has 0 radical (unpaired) electrons. The Labute approximate surface area is 83.0 Å². The van der Waals surface area contributed by atoms with Crippen molar-refractivity contribution in [1.82, 2.24) is 0 Å². The number of carboxylic acids is 1. The third-order valence-corrected chi connectivity index (χ3v) is 1.48. The first-order valence-corrected chi connectivity index (χ1v) is 3.79. The van der Waals surface area contributed by atoms with Gasteiger partial charge in [0.15, 0.2) is 18.2 Å². The fourth-order valence-corrected chi connectivity index (χ4v) is 0.860. The summed E-state index contributed by atoms with van der Waals surface area (Å²) in [6.07, 6.45) is 0. The number of nitro benzene ring substituents is 1. The fourth-order valence-electron chi connectivity index (χ4n) is 0.860. The van der Waals surface area contributed by atoms with Gasteiger partial charge in [-0.3, -0.25) is 10.1 Å². The molecule has 0 aliphatic heterocycles. The van der Waals surface area contributed by atoms with Gasteiger partial charge in [0, 0.05) is 6.07 Å². The van der Waals surface area contributed by atoms with Crippen LogP contribution in [0.2, 0.25) is 0 Å². The van der Waals surface area contributed by atoms with Crippen LogP contribution in [-0.2, 0) is 4.79 Å². The number of ether oxygens (including phenoxy) is 1.